The van der Waals surface area contributed by atoms with Crippen LogP contribution in [0, 0.1) is 5.82 Å². The zero-order chi connectivity index (χ0) is 15.8. The molecule has 1 atom stereocenters. The number of carbonyl (C=O) groups excluding carboxylic acids is 1. The Labute approximate surface area is 128 Å². The van der Waals surface area contributed by atoms with E-state index in [1.165, 1.54) is 19.2 Å². The summed E-state index contributed by atoms with van der Waals surface area (Å²) in [5.74, 6) is 0.0339. The lowest BCUT2D eigenvalue weighted by atomic mass is 10.1. The average Bonchev–Trinajstić information content (AvgIpc) is 2.54. The molecule has 5 heteroatoms. The summed E-state index contributed by atoms with van der Waals surface area (Å²) in [4.78, 5) is 11.8. The van der Waals surface area contributed by atoms with Gasteiger partial charge in [-0.15, -0.1) is 0 Å². The van der Waals surface area contributed by atoms with E-state index in [-0.39, 0.29) is 24.9 Å². The number of amides is 1. The Kier molecular flexibility index (Phi) is 5.91. The minimum absolute atomic E-state index is 0.0798. The van der Waals surface area contributed by atoms with Crippen LogP contribution in [0.15, 0.2) is 54.6 Å². The Balaban J connectivity index is 1.81. The highest BCUT2D eigenvalue weighted by Gasteiger charge is 2.13. The second kappa shape index (κ2) is 8.14. The van der Waals surface area contributed by atoms with E-state index in [9.17, 15) is 9.18 Å². The van der Waals surface area contributed by atoms with Crippen molar-refractivity contribution in [3.63, 3.8) is 0 Å². The van der Waals surface area contributed by atoms with Crippen molar-refractivity contribution in [1.29, 1.82) is 0 Å². The van der Waals surface area contributed by atoms with Gasteiger partial charge in [-0.2, -0.15) is 0 Å². The Bertz CT molecular complexity index is 604. The van der Waals surface area contributed by atoms with E-state index >= 15 is 0 Å². The van der Waals surface area contributed by atoms with Crippen molar-refractivity contribution in [2.45, 2.75) is 6.10 Å². The van der Waals surface area contributed by atoms with Gasteiger partial charge in [0.25, 0.3) is 5.91 Å². The number of hydrogen-bond acceptors (Lipinski definition) is 3. The monoisotopic (exact) mass is 303 g/mol. The fraction of sp³-hybridized carbons (Fsp3) is 0.235. The van der Waals surface area contributed by atoms with Crippen LogP contribution in [0.2, 0.25) is 0 Å². The molecular formula is C17H18FNO3. The molecule has 0 saturated carbocycles. The zero-order valence-corrected chi connectivity index (χ0v) is 12.3. The predicted molar refractivity (Wildman–Crippen MR) is 81.1 cm³/mol. The summed E-state index contributed by atoms with van der Waals surface area (Å²) in [5, 5.41) is 2.71. The second-order valence-electron chi connectivity index (χ2n) is 4.69. The molecule has 1 N–H and O–H groups in total. The summed E-state index contributed by atoms with van der Waals surface area (Å²) in [6, 6.07) is 15.2. The number of rotatable bonds is 7. The standard InChI is InChI=1S/C17H18FNO3/c1-21-16(13-6-5-7-14(18)10-13)11-19-17(20)12-22-15-8-3-2-4-9-15/h2-10,16H,11-12H2,1H3,(H,19,20). The van der Waals surface area contributed by atoms with Crippen molar-refractivity contribution >= 4 is 5.91 Å². The minimum Gasteiger partial charge on any atom is -0.484 e. The summed E-state index contributed by atoms with van der Waals surface area (Å²) in [5.41, 5.74) is 0.673. The molecule has 0 aliphatic heterocycles. The maximum atomic E-state index is 13.2. The van der Waals surface area contributed by atoms with Gasteiger partial charge in [0.1, 0.15) is 11.6 Å². The molecule has 0 spiro atoms. The topological polar surface area (TPSA) is 47.6 Å². The van der Waals surface area contributed by atoms with Crippen LogP contribution in [0.3, 0.4) is 0 Å². The molecule has 0 fully saturated rings. The zero-order valence-electron chi connectivity index (χ0n) is 12.3. The molecule has 2 aromatic rings. The molecule has 4 nitrogen and oxygen atoms in total. The highest BCUT2D eigenvalue weighted by Crippen LogP contribution is 2.16. The van der Waals surface area contributed by atoms with Crippen LogP contribution in [0.4, 0.5) is 4.39 Å². The third-order valence-corrected chi connectivity index (χ3v) is 3.10. The largest absolute Gasteiger partial charge is 0.484 e. The van der Waals surface area contributed by atoms with Crippen molar-refractivity contribution in [1.82, 2.24) is 5.32 Å². The number of ether oxygens (including phenoxy) is 2. The molecule has 0 bridgehead atoms. The Hall–Kier alpha value is -2.40. The summed E-state index contributed by atoms with van der Waals surface area (Å²) >= 11 is 0. The first kappa shape index (κ1) is 16.0. The summed E-state index contributed by atoms with van der Waals surface area (Å²) in [7, 11) is 1.52. The molecule has 1 unspecified atom stereocenters. The first-order valence-corrected chi connectivity index (χ1v) is 6.92. The van der Waals surface area contributed by atoms with Crippen molar-refractivity contribution in [3.05, 3.63) is 66.0 Å². The fourth-order valence-electron chi connectivity index (χ4n) is 1.97. The highest BCUT2D eigenvalue weighted by molar-refractivity contribution is 5.77. The van der Waals surface area contributed by atoms with E-state index in [0.29, 0.717) is 11.3 Å². The van der Waals surface area contributed by atoms with Crippen LogP contribution >= 0.6 is 0 Å². The molecule has 2 rings (SSSR count). The molecule has 0 radical (unpaired) electrons. The average molecular weight is 303 g/mol. The third-order valence-electron chi connectivity index (χ3n) is 3.10. The third kappa shape index (κ3) is 4.86. The molecule has 116 valence electrons. The van der Waals surface area contributed by atoms with Gasteiger partial charge in [0, 0.05) is 13.7 Å². The lowest BCUT2D eigenvalue weighted by Gasteiger charge is -2.16. The lowest BCUT2D eigenvalue weighted by Crippen LogP contribution is -2.33. The molecule has 0 aromatic heterocycles. The Morgan fingerprint density at radius 2 is 1.95 bits per heavy atom. The van der Waals surface area contributed by atoms with Gasteiger partial charge < -0.3 is 14.8 Å². The van der Waals surface area contributed by atoms with Crippen LogP contribution < -0.4 is 10.1 Å². The normalized spacial score (nSPS) is 11.7. The van der Waals surface area contributed by atoms with Gasteiger partial charge in [0.05, 0.1) is 6.10 Å². The van der Waals surface area contributed by atoms with Crippen molar-refractivity contribution < 1.29 is 18.7 Å². The maximum Gasteiger partial charge on any atom is 0.258 e. The Morgan fingerprint density at radius 3 is 2.64 bits per heavy atom. The molecule has 0 heterocycles. The second-order valence-corrected chi connectivity index (χ2v) is 4.69. The quantitative estimate of drug-likeness (QED) is 0.855. The number of methoxy groups -OCH3 is 1. The molecule has 2 aromatic carbocycles. The number of halogens is 1. The highest BCUT2D eigenvalue weighted by atomic mass is 19.1. The molecule has 22 heavy (non-hydrogen) atoms. The van der Waals surface area contributed by atoms with Gasteiger partial charge in [0.2, 0.25) is 0 Å². The molecule has 0 aliphatic carbocycles. The lowest BCUT2D eigenvalue weighted by molar-refractivity contribution is -0.123. The molecule has 0 saturated heterocycles. The summed E-state index contributed by atoms with van der Waals surface area (Å²) < 4.78 is 23.8. The van der Waals surface area contributed by atoms with Gasteiger partial charge in [-0.25, -0.2) is 4.39 Å². The number of hydrogen-bond donors (Lipinski definition) is 1. The van der Waals surface area contributed by atoms with E-state index in [4.69, 9.17) is 9.47 Å². The van der Waals surface area contributed by atoms with E-state index in [1.807, 2.05) is 18.2 Å². The smallest absolute Gasteiger partial charge is 0.258 e. The van der Waals surface area contributed by atoms with Gasteiger partial charge in [-0.05, 0) is 29.8 Å². The van der Waals surface area contributed by atoms with E-state index in [1.54, 1.807) is 24.3 Å². The van der Waals surface area contributed by atoms with E-state index in [2.05, 4.69) is 5.32 Å². The number of nitrogens with one attached hydrogen (secondary N) is 1. The number of benzene rings is 2. The number of carbonyl (C=O) groups is 1. The maximum absolute atomic E-state index is 13.2. The van der Waals surface area contributed by atoms with Crippen LogP contribution in [-0.2, 0) is 9.53 Å². The van der Waals surface area contributed by atoms with Gasteiger partial charge in [-0.1, -0.05) is 30.3 Å². The first-order chi connectivity index (χ1) is 10.7. The fourth-order valence-corrected chi connectivity index (χ4v) is 1.97. The number of para-hydroxylation sites is 1. The first-order valence-electron chi connectivity index (χ1n) is 6.92. The minimum atomic E-state index is -0.406. The predicted octanol–water partition coefficient (Wildman–Crippen LogP) is 2.71. The summed E-state index contributed by atoms with van der Waals surface area (Å²) in [6.45, 7) is 0.167. The summed E-state index contributed by atoms with van der Waals surface area (Å²) in [6.07, 6.45) is -0.406. The molecule has 0 aliphatic rings. The Morgan fingerprint density at radius 1 is 1.18 bits per heavy atom. The molecular weight excluding hydrogens is 285 g/mol. The van der Waals surface area contributed by atoms with E-state index in [0.717, 1.165) is 0 Å². The van der Waals surface area contributed by atoms with Crippen LogP contribution in [-0.4, -0.2) is 26.2 Å². The van der Waals surface area contributed by atoms with Gasteiger partial charge >= 0.3 is 0 Å². The van der Waals surface area contributed by atoms with Gasteiger partial charge in [-0.3, -0.25) is 4.79 Å². The van der Waals surface area contributed by atoms with Gasteiger partial charge in [0.15, 0.2) is 6.61 Å². The van der Waals surface area contributed by atoms with E-state index < -0.39 is 6.10 Å². The molecule has 1 amide bonds. The van der Waals surface area contributed by atoms with Crippen LogP contribution in [0.1, 0.15) is 11.7 Å². The van der Waals surface area contributed by atoms with Crippen molar-refractivity contribution in [2.75, 3.05) is 20.3 Å². The van der Waals surface area contributed by atoms with Crippen LogP contribution in [0.25, 0.3) is 0 Å². The SMILES string of the molecule is COC(CNC(=O)COc1ccccc1)c1cccc(F)c1. The van der Waals surface area contributed by atoms with Crippen LogP contribution in [0.5, 0.6) is 5.75 Å². The van der Waals surface area contributed by atoms with Crippen molar-refractivity contribution in [2.24, 2.45) is 0 Å². The van der Waals surface area contributed by atoms with Crippen molar-refractivity contribution in [3.8, 4) is 5.75 Å².